The highest BCUT2D eigenvalue weighted by Gasteiger charge is 2.18. The van der Waals surface area contributed by atoms with Crippen molar-refractivity contribution in [1.29, 1.82) is 0 Å². The molecule has 0 saturated carbocycles. The van der Waals surface area contributed by atoms with E-state index >= 15 is 0 Å². The van der Waals surface area contributed by atoms with Crippen molar-refractivity contribution in [2.24, 2.45) is 5.73 Å². The highest BCUT2D eigenvalue weighted by molar-refractivity contribution is 7.80. The fourth-order valence-corrected chi connectivity index (χ4v) is 3.65. The Labute approximate surface area is 125 Å². The van der Waals surface area contributed by atoms with E-state index in [0.29, 0.717) is 11.4 Å². The number of nitrogens with two attached hydrogens (primary N) is 1. The zero-order chi connectivity index (χ0) is 14.1. The number of amides is 1. The topological polar surface area (TPSA) is 83.8 Å². The van der Waals surface area contributed by atoms with Gasteiger partial charge in [-0.2, -0.15) is 5.10 Å². The molecule has 0 atom stereocenters. The maximum absolute atomic E-state index is 12.3. The van der Waals surface area contributed by atoms with Crippen molar-refractivity contribution in [2.75, 3.05) is 5.32 Å². The summed E-state index contributed by atoms with van der Waals surface area (Å²) in [4.78, 5) is 14.5. The Morgan fingerprint density at radius 1 is 1.45 bits per heavy atom. The SMILES string of the molecule is NC(=S)c1cn[nH]c1NC(=O)c1cc2c(s1)CCCC2. The summed E-state index contributed by atoms with van der Waals surface area (Å²) in [6.07, 6.45) is 6.08. The van der Waals surface area contributed by atoms with Gasteiger partial charge < -0.3 is 11.1 Å². The normalized spacial score (nSPS) is 13.8. The first-order chi connectivity index (χ1) is 9.65. The lowest BCUT2D eigenvalue weighted by atomic mass is 9.99. The van der Waals surface area contributed by atoms with Gasteiger partial charge in [-0.15, -0.1) is 11.3 Å². The van der Waals surface area contributed by atoms with Crippen molar-refractivity contribution in [3.05, 3.63) is 33.1 Å². The average molecular weight is 306 g/mol. The van der Waals surface area contributed by atoms with E-state index < -0.39 is 0 Å². The molecule has 4 N–H and O–H groups in total. The van der Waals surface area contributed by atoms with Gasteiger partial charge in [-0.3, -0.25) is 9.89 Å². The summed E-state index contributed by atoms with van der Waals surface area (Å²) in [5.74, 6) is 0.306. The molecule has 2 heterocycles. The molecule has 0 bridgehead atoms. The first-order valence-electron chi connectivity index (χ1n) is 6.41. The second kappa shape index (κ2) is 5.34. The predicted octanol–water partition coefficient (Wildman–Crippen LogP) is 2.24. The van der Waals surface area contributed by atoms with Gasteiger partial charge in [-0.05, 0) is 37.3 Å². The monoisotopic (exact) mass is 306 g/mol. The largest absolute Gasteiger partial charge is 0.389 e. The molecule has 104 valence electrons. The van der Waals surface area contributed by atoms with Crippen LogP contribution in [0.25, 0.3) is 0 Å². The van der Waals surface area contributed by atoms with Gasteiger partial charge in [0.1, 0.15) is 10.8 Å². The number of thiophene rings is 1. The molecule has 2 aromatic rings. The van der Waals surface area contributed by atoms with E-state index in [2.05, 4.69) is 15.5 Å². The van der Waals surface area contributed by atoms with Crippen LogP contribution in [-0.2, 0) is 12.8 Å². The molecule has 1 amide bonds. The summed E-state index contributed by atoms with van der Waals surface area (Å²) in [6.45, 7) is 0. The number of aryl methyl sites for hydroxylation is 2. The van der Waals surface area contributed by atoms with Gasteiger partial charge in [-0.1, -0.05) is 12.2 Å². The fraction of sp³-hybridized carbons (Fsp3) is 0.308. The minimum absolute atomic E-state index is 0.147. The van der Waals surface area contributed by atoms with Gasteiger partial charge in [0.05, 0.1) is 16.6 Å². The Hall–Kier alpha value is -1.73. The van der Waals surface area contributed by atoms with Crippen LogP contribution in [0.5, 0.6) is 0 Å². The summed E-state index contributed by atoms with van der Waals surface area (Å²) >= 11 is 6.48. The third kappa shape index (κ3) is 2.46. The molecule has 7 heteroatoms. The fourth-order valence-electron chi connectivity index (χ4n) is 2.35. The summed E-state index contributed by atoms with van der Waals surface area (Å²) < 4.78 is 0. The van der Waals surface area contributed by atoms with E-state index in [4.69, 9.17) is 18.0 Å². The highest BCUT2D eigenvalue weighted by atomic mass is 32.1. The third-order valence-electron chi connectivity index (χ3n) is 3.36. The van der Waals surface area contributed by atoms with Crippen molar-refractivity contribution >= 4 is 40.3 Å². The zero-order valence-electron chi connectivity index (χ0n) is 10.7. The van der Waals surface area contributed by atoms with Crippen LogP contribution in [0.2, 0.25) is 0 Å². The molecule has 0 unspecified atom stereocenters. The number of anilines is 1. The number of aromatic amines is 1. The molecule has 0 fully saturated rings. The number of H-pyrrole nitrogens is 1. The first kappa shape index (κ1) is 13.3. The molecular formula is C13H14N4OS2. The number of hydrogen-bond acceptors (Lipinski definition) is 4. The summed E-state index contributed by atoms with van der Waals surface area (Å²) in [6, 6.07) is 1.99. The van der Waals surface area contributed by atoms with Gasteiger partial charge in [0.15, 0.2) is 0 Å². The van der Waals surface area contributed by atoms with Gasteiger partial charge >= 0.3 is 0 Å². The summed E-state index contributed by atoms with van der Waals surface area (Å²) in [5, 5.41) is 9.34. The number of fused-ring (bicyclic) bond motifs is 1. The predicted molar refractivity (Wildman–Crippen MR) is 83.4 cm³/mol. The van der Waals surface area contributed by atoms with Crippen LogP contribution in [0.4, 0.5) is 5.82 Å². The Bertz CT molecular complexity index is 650. The van der Waals surface area contributed by atoms with Crippen LogP contribution >= 0.6 is 23.6 Å². The number of rotatable bonds is 3. The Morgan fingerprint density at radius 2 is 2.25 bits per heavy atom. The van der Waals surface area contributed by atoms with E-state index in [1.165, 1.54) is 29.5 Å². The Kier molecular flexibility index (Phi) is 3.54. The number of hydrogen-bond donors (Lipinski definition) is 3. The maximum atomic E-state index is 12.3. The summed E-state index contributed by atoms with van der Waals surface area (Å²) in [5.41, 5.74) is 7.44. The van der Waals surface area contributed by atoms with E-state index in [1.807, 2.05) is 6.07 Å². The summed E-state index contributed by atoms with van der Waals surface area (Å²) in [7, 11) is 0. The van der Waals surface area contributed by atoms with Gasteiger partial charge in [0, 0.05) is 4.88 Å². The van der Waals surface area contributed by atoms with E-state index in [0.717, 1.165) is 17.7 Å². The number of carbonyl (C=O) groups excluding carboxylic acids is 1. The van der Waals surface area contributed by atoms with Crippen molar-refractivity contribution in [2.45, 2.75) is 25.7 Å². The van der Waals surface area contributed by atoms with Gasteiger partial charge in [0.2, 0.25) is 0 Å². The van der Waals surface area contributed by atoms with Crippen molar-refractivity contribution in [3.63, 3.8) is 0 Å². The molecule has 20 heavy (non-hydrogen) atoms. The zero-order valence-corrected chi connectivity index (χ0v) is 12.4. The third-order valence-corrected chi connectivity index (χ3v) is 4.82. The van der Waals surface area contributed by atoms with Crippen molar-refractivity contribution in [1.82, 2.24) is 10.2 Å². The lowest BCUT2D eigenvalue weighted by molar-refractivity contribution is 0.103. The molecule has 0 saturated heterocycles. The Morgan fingerprint density at radius 3 is 3.00 bits per heavy atom. The second-order valence-corrected chi connectivity index (χ2v) is 6.32. The molecular weight excluding hydrogens is 292 g/mol. The lowest BCUT2D eigenvalue weighted by Crippen LogP contribution is -2.16. The van der Waals surface area contributed by atoms with Crippen molar-refractivity contribution < 1.29 is 4.79 Å². The molecule has 0 radical (unpaired) electrons. The lowest BCUT2D eigenvalue weighted by Gasteiger charge is -2.08. The number of aromatic nitrogens is 2. The number of carbonyl (C=O) groups is 1. The minimum atomic E-state index is -0.147. The molecule has 0 aliphatic heterocycles. The van der Waals surface area contributed by atoms with Gasteiger partial charge in [0.25, 0.3) is 5.91 Å². The van der Waals surface area contributed by atoms with E-state index in [-0.39, 0.29) is 10.9 Å². The molecule has 5 nitrogen and oxygen atoms in total. The van der Waals surface area contributed by atoms with Crippen LogP contribution in [0.3, 0.4) is 0 Å². The molecule has 2 aromatic heterocycles. The molecule has 1 aliphatic rings. The maximum Gasteiger partial charge on any atom is 0.266 e. The molecule has 3 rings (SSSR count). The van der Waals surface area contributed by atoms with Crippen LogP contribution in [-0.4, -0.2) is 21.1 Å². The smallest absolute Gasteiger partial charge is 0.266 e. The molecule has 0 aromatic carbocycles. The van der Waals surface area contributed by atoms with Crippen LogP contribution in [0, 0.1) is 0 Å². The molecule has 0 spiro atoms. The van der Waals surface area contributed by atoms with Crippen LogP contribution in [0.15, 0.2) is 12.3 Å². The number of nitrogens with zero attached hydrogens (tertiary/aromatic N) is 1. The number of thiocarbonyl (C=S) groups is 1. The number of nitrogens with one attached hydrogen (secondary N) is 2. The standard InChI is InChI=1S/C13H14N4OS2/c14-11(19)8-6-15-17-12(8)16-13(18)10-5-7-3-1-2-4-9(7)20-10/h5-6H,1-4H2,(H2,14,19)(H2,15,16,17,18). The quantitative estimate of drug-likeness (QED) is 0.759. The van der Waals surface area contributed by atoms with E-state index in [9.17, 15) is 4.79 Å². The second-order valence-electron chi connectivity index (χ2n) is 4.74. The van der Waals surface area contributed by atoms with Crippen molar-refractivity contribution in [3.8, 4) is 0 Å². The van der Waals surface area contributed by atoms with E-state index in [1.54, 1.807) is 11.3 Å². The minimum Gasteiger partial charge on any atom is -0.389 e. The van der Waals surface area contributed by atoms with Crippen LogP contribution < -0.4 is 11.1 Å². The Balaban J connectivity index is 1.81. The average Bonchev–Trinajstić information content (AvgIpc) is 3.03. The molecule has 1 aliphatic carbocycles. The highest BCUT2D eigenvalue weighted by Crippen LogP contribution is 2.30. The van der Waals surface area contributed by atoms with Crippen LogP contribution in [0.1, 0.15) is 38.5 Å². The first-order valence-corrected chi connectivity index (χ1v) is 7.63. The van der Waals surface area contributed by atoms with Gasteiger partial charge in [-0.25, -0.2) is 0 Å².